The lowest BCUT2D eigenvalue weighted by Gasteiger charge is -2.34. The van der Waals surface area contributed by atoms with E-state index in [2.05, 4.69) is 11.8 Å². The van der Waals surface area contributed by atoms with E-state index in [0.717, 1.165) is 25.3 Å². The monoisotopic (exact) mass is 185 g/mol. The van der Waals surface area contributed by atoms with E-state index in [0.29, 0.717) is 0 Å². The molecule has 0 radical (unpaired) electrons. The molecule has 1 aliphatic heterocycles. The van der Waals surface area contributed by atoms with E-state index in [1.807, 2.05) is 7.05 Å². The molecule has 0 unspecified atom stereocenters. The van der Waals surface area contributed by atoms with Crippen molar-refractivity contribution in [2.45, 2.75) is 32.2 Å². The first-order chi connectivity index (χ1) is 6.19. The van der Waals surface area contributed by atoms with Crippen LogP contribution in [0.15, 0.2) is 0 Å². The van der Waals surface area contributed by atoms with Crippen LogP contribution in [-0.2, 0) is 9.53 Å². The number of likely N-dealkylation sites (N-methyl/N-ethyl adjacent to an activating group) is 1. The summed E-state index contributed by atoms with van der Waals surface area (Å²) in [5.74, 6) is 0.669. The number of ether oxygens (including phenoxy) is 1. The van der Waals surface area contributed by atoms with E-state index in [1.165, 1.54) is 13.5 Å². The van der Waals surface area contributed by atoms with Crippen LogP contribution in [-0.4, -0.2) is 37.6 Å². The van der Waals surface area contributed by atoms with Gasteiger partial charge in [0, 0.05) is 6.54 Å². The third-order valence-electron chi connectivity index (χ3n) is 2.98. The molecule has 13 heavy (non-hydrogen) atoms. The highest BCUT2D eigenvalue weighted by molar-refractivity contribution is 5.75. The van der Waals surface area contributed by atoms with Gasteiger partial charge in [0.25, 0.3) is 0 Å². The topological polar surface area (TPSA) is 29.5 Å². The van der Waals surface area contributed by atoms with Gasteiger partial charge in [-0.3, -0.25) is 9.69 Å². The molecule has 1 aliphatic rings. The van der Waals surface area contributed by atoms with Gasteiger partial charge in [-0.15, -0.1) is 0 Å². The first-order valence-corrected chi connectivity index (χ1v) is 4.97. The third-order valence-corrected chi connectivity index (χ3v) is 2.98. The average molecular weight is 185 g/mol. The Morgan fingerprint density at radius 1 is 1.54 bits per heavy atom. The first-order valence-electron chi connectivity index (χ1n) is 4.97. The summed E-state index contributed by atoms with van der Waals surface area (Å²) < 4.78 is 4.75. The Bertz CT molecular complexity index is 182. The number of esters is 1. The molecule has 3 nitrogen and oxygen atoms in total. The van der Waals surface area contributed by atoms with Crippen LogP contribution >= 0.6 is 0 Å². The van der Waals surface area contributed by atoms with Gasteiger partial charge in [0.2, 0.25) is 0 Å². The van der Waals surface area contributed by atoms with Gasteiger partial charge in [-0.05, 0) is 25.8 Å². The summed E-state index contributed by atoms with van der Waals surface area (Å²) >= 11 is 0. The Balaban J connectivity index is 2.48. The number of hydrogen-bond donors (Lipinski definition) is 0. The second kappa shape index (κ2) is 4.61. The van der Waals surface area contributed by atoms with Crippen molar-refractivity contribution in [3.05, 3.63) is 0 Å². The van der Waals surface area contributed by atoms with E-state index >= 15 is 0 Å². The van der Waals surface area contributed by atoms with Crippen molar-refractivity contribution in [2.75, 3.05) is 20.7 Å². The van der Waals surface area contributed by atoms with E-state index < -0.39 is 0 Å². The van der Waals surface area contributed by atoms with Gasteiger partial charge in [-0.1, -0.05) is 13.3 Å². The summed E-state index contributed by atoms with van der Waals surface area (Å²) in [4.78, 5) is 13.4. The molecule has 0 bridgehead atoms. The van der Waals surface area contributed by atoms with Crippen LogP contribution in [0.1, 0.15) is 26.2 Å². The quantitative estimate of drug-likeness (QED) is 0.607. The van der Waals surface area contributed by atoms with E-state index in [-0.39, 0.29) is 12.0 Å². The summed E-state index contributed by atoms with van der Waals surface area (Å²) in [6.07, 6.45) is 3.31. The summed E-state index contributed by atoms with van der Waals surface area (Å²) in [5, 5.41) is 0. The molecule has 0 aliphatic carbocycles. The largest absolute Gasteiger partial charge is 0.468 e. The molecule has 0 spiro atoms. The van der Waals surface area contributed by atoms with Crippen LogP contribution < -0.4 is 0 Å². The van der Waals surface area contributed by atoms with Crippen molar-refractivity contribution in [1.29, 1.82) is 0 Å². The van der Waals surface area contributed by atoms with E-state index in [1.54, 1.807) is 0 Å². The van der Waals surface area contributed by atoms with Gasteiger partial charge in [0.05, 0.1) is 7.11 Å². The number of carbonyl (C=O) groups is 1. The maximum Gasteiger partial charge on any atom is 0.323 e. The number of nitrogens with zero attached hydrogens (tertiary/aromatic N) is 1. The van der Waals surface area contributed by atoms with Gasteiger partial charge in [0.15, 0.2) is 0 Å². The number of piperidine rings is 1. The van der Waals surface area contributed by atoms with Crippen LogP contribution in [0.25, 0.3) is 0 Å². The van der Waals surface area contributed by atoms with Crippen LogP contribution in [0.2, 0.25) is 0 Å². The van der Waals surface area contributed by atoms with Crippen LogP contribution in [0.4, 0.5) is 0 Å². The first kappa shape index (κ1) is 10.5. The maximum absolute atomic E-state index is 11.3. The van der Waals surface area contributed by atoms with Gasteiger partial charge in [0.1, 0.15) is 6.04 Å². The minimum absolute atomic E-state index is 0.00667. The molecule has 0 aromatic heterocycles. The fourth-order valence-electron chi connectivity index (χ4n) is 2.01. The molecular weight excluding hydrogens is 166 g/mol. The molecule has 1 heterocycles. The third kappa shape index (κ3) is 2.44. The predicted molar refractivity (Wildman–Crippen MR) is 51.4 cm³/mol. The van der Waals surface area contributed by atoms with Crippen molar-refractivity contribution in [3.63, 3.8) is 0 Å². The van der Waals surface area contributed by atoms with Crippen molar-refractivity contribution in [3.8, 4) is 0 Å². The standard InChI is InChI=1S/C10H19NO2/c1-4-8-5-6-9(10(12)13-3)11(2)7-8/h8-9H,4-7H2,1-3H3/t8-,9+/m1/s1. The minimum Gasteiger partial charge on any atom is -0.468 e. The van der Waals surface area contributed by atoms with Crippen molar-refractivity contribution in [2.24, 2.45) is 5.92 Å². The fourth-order valence-corrected chi connectivity index (χ4v) is 2.01. The second-order valence-electron chi connectivity index (χ2n) is 3.83. The lowest BCUT2D eigenvalue weighted by Crippen LogP contribution is -2.45. The SMILES string of the molecule is CC[C@@H]1CC[C@@H](C(=O)OC)N(C)C1. The van der Waals surface area contributed by atoms with Crippen molar-refractivity contribution in [1.82, 2.24) is 4.90 Å². The van der Waals surface area contributed by atoms with Gasteiger partial charge in [-0.2, -0.15) is 0 Å². The number of carbonyl (C=O) groups excluding carboxylic acids is 1. The lowest BCUT2D eigenvalue weighted by molar-refractivity contribution is -0.148. The number of hydrogen-bond acceptors (Lipinski definition) is 3. The van der Waals surface area contributed by atoms with Gasteiger partial charge < -0.3 is 4.74 Å². The Morgan fingerprint density at radius 3 is 2.69 bits per heavy atom. The zero-order valence-corrected chi connectivity index (χ0v) is 8.75. The Labute approximate surface area is 80.1 Å². The molecular formula is C10H19NO2. The number of rotatable bonds is 2. The van der Waals surface area contributed by atoms with E-state index in [4.69, 9.17) is 4.74 Å². The molecule has 0 aromatic carbocycles. The van der Waals surface area contributed by atoms with Gasteiger partial charge >= 0.3 is 5.97 Å². The molecule has 3 heteroatoms. The average Bonchev–Trinajstić information content (AvgIpc) is 2.16. The molecule has 0 saturated carbocycles. The molecule has 1 rings (SSSR count). The van der Waals surface area contributed by atoms with Crippen LogP contribution in [0.3, 0.4) is 0 Å². The molecule has 0 aromatic rings. The Kier molecular flexibility index (Phi) is 3.72. The number of methoxy groups -OCH3 is 1. The molecule has 1 fully saturated rings. The smallest absolute Gasteiger partial charge is 0.323 e. The lowest BCUT2D eigenvalue weighted by atomic mass is 9.91. The normalized spacial score (nSPS) is 30.1. The molecule has 2 atom stereocenters. The zero-order valence-electron chi connectivity index (χ0n) is 8.75. The van der Waals surface area contributed by atoms with Crippen molar-refractivity contribution >= 4 is 5.97 Å². The molecule has 76 valence electrons. The highest BCUT2D eigenvalue weighted by Crippen LogP contribution is 2.23. The molecule has 1 saturated heterocycles. The summed E-state index contributed by atoms with van der Waals surface area (Å²) in [7, 11) is 3.46. The summed E-state index contributed by atoms with van der Waals surface area (Å²) in [5.41, 5.74) is 0. The Hall–Kier alpha value is -0.570. The zero-order chi connectivity index (χ0) is 9.84. The minimum atomic E-state index is -0.0861. The fraction of sp³-hybridized carbons (Fsp3) is 0.900. The van der Waals surface area contributed by atoms with Gasteiger partial charge in [-0.25, -0.2) is 0 Å². The van der Waals surface area contributed by atoms with Crippen molar-refractivity contribution < 1.29 is 9.53 Å². The second-order valence-corrected chi connectivity index (χ2v) is 3.83. The molecule has 0 N–H and O–H groups in total. The predicted octanol–water partition coefficient (Wildman–Crippen LogP) is 1.28. The number of likely N-dealkylation sites (tertiary alicyclic amines) is 1. The van der Waals surface area contributed by atoms with Crippen LogP contribution in [0, 0.1) is 5.92 Å². The maximum atomic E-state index is 11.3. The molecule has 0 amide bonds. The van der Waals surface area contributed by atoms with Crippen LogP contribution in [0.5, 0.6) is 0 Å². The highest BCUT2D eigenvalue weighted by Gasteiger charge is 2.30. The summed E-state index contributed by atoms with van der Waals surface area (Å²) in [6.45, 7) is 3.23. The summed E-state index contributed by atoms with van der Waals surface area (Å²) in [6, 6.07) is -0.00667. The van der Waals surface area contributed by atoms with E-state index in [9.17, 15) is 4.79 Å². The Morgan fingerprint density at radius 2 is 2.23 bits per heavy atom. The highest BCUT2D eigenvalue weighted by atomic mass is 16.5.